The highest BCUT2D eigenvalue weighted by molar-refractivity contribution is 7.09. The van der Waals surface area contributed by atoms with Gasteiger partial charge in [-0.1, -0.05) is 6.92 Å². The van der Waals surface area contributed by atoms with Crippen LogP contribution in [0.1, 0.15) is 42.5 Å². The van der Waals surface area contributed by atoms with Crippen molar-refractivity contribution in [2.75, 3.05) is 26.2 Å². The third-order valence-electron chi connectivity index (χ3n) is 3.41. The second-order valence-electron chi connectivity index (χ2n) is 4.64. The van der Waals surface area contributed by atoms with Crippen LogP contribution in [0, 0.1) is 0 Å². The van der Waals surface area contributed by atoms with Gasteiger partial charge >= 0.3 is 0 Å². The number of likely N-dealkylation sites (N-methyl/N-ethyl adjacent to an activating group) is 1. The average Bonchev–Trinajstić information content (AvgIpc) is 3.07. The Balaban J connectivity index is 1.70. The summed E-state index contributed by atoms with van der Waals surface area (Å²) in [6, 6.07) is 0. The minimum atomic E-state index is 0.214. The van der Waals surface area contributed by atoms with Crippen molar-refractivity contribution in [1.29, 1.82) is 0 Å². The van der Waals surface area contributed by atoms with E-state index in [1.54, 1.807) is 11.3 Å². The molecule has 0 amide bonds. The summed E-state index contributed by atoms with van der Waals surface area (Å²) >= 11 is 1.77. The van der Waals surface area contributed by atoms with Gasteiger partial charge in [0.15, 0.2) is 0 Å². The van der Waals surface area contributed by atoms with Crippen molar-refractivity contribution in [3.8, 4) is 0 Å². The molecule has 4 heteroatoms. The second kappa shape index (κ2) is 4.43. The van der Waals surface area contributed by atoms with E-state index in [-0.39, 0.29) is 6.10 Å². The van der Waals surface area contributed by atoms with Gasteiger partial charge in [0.05, 0.1) is 12.3 Å². The van der Waals surface area contributed by atoms with Crippen LogP contribution in [0.15, 0.2) is 5.38 Å². The van der Waals surface area contributed by atoms with Crippen LogP contribution in [0.3, 0.4) is 0 Å². The summed E-state index contributed by atoms with van der Waals surface area (Å²) < 4.78 is 5.82. The first-order chi connectivity index (χ1) is 7.86. The SMILES string of the molecule is CCN1CCOC(c2nc(C3CC3)cs2)C1. The van der Waals surface area contributed by atoms with E-state index in [1.807, 2.05) is 0 Å². The van der Waals surface area contributed by atoms with Crippen LogP contribution in [-0.2, 0) is 4.74 Å². The average molecular weight is 238 g/mol. The molecule has 1 atom stereocenters. The van der Waals surface area contributed by atoms with Crippen LogP contribution >= 0.6 is 11.3 Å². The number of hydrogen-bond acceptors (Lipinski definition) is 4. The molecule has 1 saturated carbocycles. The maximum Gasteiger partial charge on any atom is 0.123 e. The molecule has 0 spiro atoms. The number of morpholine rings is 1. The quantitative estimate of drug-likeness (QED) is 0.808. The highest BCUT2D eigenvalue weighted by atomic mass is 32.1. The van der Waals surface area contributed by atoms with Gasteiger partial charge in [-0.25, -0.2) is 4.98 Å². The van der Waals surface area contributed by atoms with Crippen molar-refractivity contribution in [3.63, 3.8) is 0 Å². The fraction of sp³-hybridized carbons (Fsp3) is 0.750. The Morgan fingerprint density at radius 1 is 1.56 bits per heavy atom. The highest BCUT2D eigenvalue weighted by Crippen LogP contribution is 2.41. The lowest BCUT2D eigenvalue weighted by Crippen LogP contribution is -2.38. The molecular formula is C12H18N2OS. The van der Waals surface area contributed by atoms with Gasteiger partial charge in [-0.2, -0.15) is 0 Å². The predicted molar refractivity (Wildman–Crippen MR) is 64.9 cm³/mol. The Kier molecular flexibility index (Phi) is 2.96. The van der Waals surface area contributed by atoms with Crippen LogP contribution in [0.25, 0.3) is 0 Å². The van der Waals surface area contributed by atoms with Crippen molar-refractivity contribution in [1.82, 2.24) is 9.88 Å². The van der Waals surface area contributed by atoms with Crippen molar-refractivity contribution < 1.29 is 4.74 Å². The maximum atomic E-state index is 5.82. The molecule has 0 aromatic carbocycles. The summed E-state index contributed by atoms with van der Waals surface area (Å²) in [5.74, 6) is 0.760. The first kappa shape index (κ1) is 10.7. The second-order valence-corrected chi connectivity index (χ2v) is 5.53. The van der Waals surface area contributed by atoms with Gasteiger partial charge < -0.3 is 4.74 Å². The summed E-state index contributed by atoms with van der Waals surface area (Å²) in [5, 5.41) is 3.40. The molecule has 1 saturated heterocycles. The molecule has 2 fully saturated rings. The first-order valence-electron chi connectivity index (χ1n) is 6.16. The molecule has 1 aromatic heterocycles. The van der Waals surface area contributed by atoms with Gasteiger partial charge in [0.1, 0.15) is 11.1 Å². The van der Waals surface area contributed by atoms with Crippen molar-refractivity contribution in [2.24, 2.45) is 0 Å². The highest BCUT2D eigenvalue weighted by Gasteiger charge is 2.29. The minimum absolute atomic E-state index is 0.214. The fourth-order valence-electron chi connectivity index (χ4n) is 2.15. The molecular weight excluding hydrogens is 220 g/mol. The third-order valence-corrected chi connectivity index (χ3v) is 4.36. The molecule has 2 aliphatic rings. The monoisotopic (exact) mass is 238 g/mol. The maximum absolute atomic E-state index is 5.82. The number of hydrogen-bond donors (Lipinski definition) is 0. The standard InChI is InChI=1S/C12H18N2OS/c1-2-14-5-6-15-11(7-14)12-13-10(8-16-12)9-3-4-9/h8-9,11H,2-7H2,1H3. The summed E-state index contributed by atoms with van der Waals surface area (Å²) in [4.78, 5) is 7.17. The van der Waals surface area contributed by atoms with Crippen molar-refractivity contribution in [3.05, 3.63) is 16.1 Å². The van der Waals surface area contributed by atoms with Crippen LogP contribution < -0.4 is 0 Å². The van der Waals surface area contributed by atoms with Crippen LogP contribution in [-0.4, -0.2) is 36.1 Å². The molecule has 16 heavy (non-hydrogen) atoms. The van der Waals surface area contributed by atoms with E-state index in [1.165, 1.54) is 23.5 Å². The molecule has 3 rings (SSSR count). The molecule has 3 nitrogen and oxygen atoms in total. The zero-order chi connectivity index (χ0) is 11.0. The van der Waals surface area contributed by atoms with Crippen molar-refractivity contribution in [2.45, 2.75) is 31.8 Å². The first-order valence-corrected chi connectivity index (χ1v) is 7.04. The molecule has 88 valence electrons. The summed E-state index contributed by atoms with van der Waals surface area (Å²) in [5.41, 5.74) is 1.30. The summed E-state index contributed by atoms with van der Waals surface area (Å²) in [7, 11) is 0. The number of rotatable bonds is 3. The zero-order valence-corrected chi connectivity index (χ0v) is 10.5. The van der Waals surface area contributed by atoms with E-state index in [0.29, 0.717) is 0 Å². The van der Waals surface area contributed by atoms with E-state index >= 15 is 0 Å². The Bertz CT molecular complexity index is 362. The van der Waals surface area contributed by atoms with Crippen LogP contribution in [0.4, 0.5) is 0 Å². The van der Waals surface area contributed by atoms with Gasteiger partial charge in [-0.05, 0) is 19.4 Å². The molecule has 2 heterocycles. The lowest BCUT2D eigenvalue weighted by atomic mass is 10.2. The van der Waals surface area contributed by atoms with E-state index in [9.17, 15) is 0 Å². The van der Waals surface area contributed by atoms with Gasteiger partial charge in [0.2, 0.25) is 0 Å². The Morgan fingerprint density at radius 2 is 2.44 bits per heavy atom. The molecule has 1 aliphatic carbocycles. The molecule has 1 unspecified atom stereocenters. The fourth-order valence-corrected chi connectivity index (χ4v) is 3.09. The number of aromatic nitrogens is 1. The smallest absolute Gasteiger partial charge is 0.123 e. The van der Waals surface area contributed by atoms with Crippen molar-refractivity contribution >= 4 is 11.3 Å². The van der Waals surface area contributed by atoms with E-state index in [0.717, 1.165) is 32.2 Å². The number of nitrogens with zero attached hydrogens (tertiary/aromatic N) is 2. The molecule has 1 aliphatic heterocycles. The normalized spacial score (nSPS) is 27.2. The van der Waals surface area contributed by atoms with Crippen LogP contribution in [0.2, 0.25) is 0 Å². The van der Waals surface area contributed by atoms with E-state index in [2.05, 4.69) is 17.2 Å². The van der Waals surface area contributed by atoms with E-state index in [4.69, 9.17) is 9.72 Å². The van der Waals surface area contributed by atoms with Gasteiger partial charge in [0, 0.05) is 24.4 Å². The molecule has 1 aromatic rings. The topological polar surface area (TPSA) is 25.4 Å². The Labute approximate surface area is 100 Å². The molecule has 0 N–H and O–H groups in total. The minimum Gasteiger partial charge on any atom is -0.368 e. The Morgan fingerprint density at radius 3 is 3.19 bits per heavy atom. The molecule has 0 radical (unpaired) electrons. The summed E-state index contributed by atoms with van der Waals surface area (Å²) in [6.07, 6.45) is 2.87. The Hall–Kier alpha value is -0.450. The van der Waals surface area contributed by atoms with Crippen LogP contribution in [0.5, 0.6) is 0 Å². The molecule has 0 bridgehead atoms. The van der Waals surface area contributed by atoms with Gasteiger partial charge in [-0.3, -0.25) is 4.90 Å². The van der Waals surface area contributed by atoms with Gasteiger partial charge in [0.25, 0.3) is 0 Å². The lowest BCUT2D eigenvalue weighted by Gasteiger charge is -2.30. The predicted octanol–water partition coefficient (Wildman–Crippen LogP) is 2.41. The zero-order valence-electron chi connectivity index (χ0n) is 9.69. The lowest BCUT2D eigenvalue weighted by molar-refractivity contribution is -0.0283. The summed E-state index contributed by atoms with van der Waals surface area (Å²) in [6.45, 7) is 6.24. The number of ether oxygens (including phenoxy) is 1. The van der Waals surface area contributed by atoms with Gasteiger partial charge in [-0.15, -0.1) is 11.3 Å². The largest absolute Gasteiger partial charge is 0.368 e. The third kappa shape index (κ3) is 2.14. The van der Waals surface area contributed by atoms with E-state index < -0.39 is 0 Å². The number of thiazole rings is 1.